The van der Waals surface area contributed by atoms with Crippen LogP contribution >= 0.6 is 23.2 Å². The highest BCUT2D eigenvalue weighted by atomic mass is 35.5. The predicted octanol–water partition coefficient (Wildman–Crippen LogP) is 2.65. The SMILES string of the molecule is CCOC(=O)CNCc1cc(Cl)cc(Cl)c1. The Bertz CT molecular complexity index is 349. The molecule has 5 heteroatoms. The third kappa shape index (κ3) is 4.84. The average molecular weight is 262 g/mol. The minimum Gasteiger partial charge on any atom is -0.465 e. The van der Waals surface area contributed by atoms with Crippen LogP contribution in [0.3, 0.4) is 0 Å². The van der Waals surface area contributed by atoms with E-state index in [1.165, 1.54) is 0 Å². The molecule has 0 heterocycles. The number of ether oxygens (including phenoxy) is 1. The summed E-state index contributed by atoms with van der Waals surface area (Å²) in [5, 5.41) is 4.12. The first-order valence-corrected chi connectivity index (χ1v) is 5.68. The molecule has 0 saturated carbocycles. The minimum absolute atomic E-state index is 0.179. The maximum atomic E-state index is 11.0. The van der Waals surface area contributed by atoms with Gasteiger partial charge in [-0.3, -0.25) is 4.79 Å². The number of halogens is 2. The van der Waals surface area contributed by atoms with E-state index in [4.69, 9.17) is 27.9 Å². The quantitative estimate of drug-likeness (QED) is 0.829. The normalized spacial score (nSPS) is 10.2. The highest BCUT2D eigenvalue weighted by Gasteiger charge is 2.02. The number of hydrogen-bond acceptors (Lipinski definition) is 3. The van der Waals surface area contributed by atoms with E-state index in [0.717, 1.165) is 5.56 Å². The molecule has 0 atom stereocenters. The lowest BCUT2D eigenvalue weighted by Crippen LogP contribution is -2.24. The van der Waals surface area contributed by atoms with Gasteiger partial charge in [0.25, 0.3) is 0 Å². The second-order valence-corrected chi connectivity index (χ2v) is 4.06. The van der Waals surface area contributed by atoms with Crippen molar-refractivity contribution in [1.82, 2.24) is 5.32 Å². The van der Waals surface area contributed by atoms with E-state index < -0.39 is 0 Å². The lowest BCUT2D eigenvalue weighted by Gasteiger charge is -2.05. The molecule has 1 aromatic rings. The van der Waals surface area contributed by atoms with Crippen LogP contribution in [0.15, 0.2) is 18.2 Å². The molecule has 16 heavy (non-hydrogen) atoms. The number of nitrogens with one attached hydrogen (secondary N) is 1. The molecule has 1 rings (SSSR count). The summed E-state index contributed by atoms with van der Waals surface area (Å²) in [7, 11) is 0. The van der Waals surface area contributed by atoms with E-state index in [9.17, 15) is 4.79 Å². The zero-order chi connectivity index (χ0) is 12.0. The molecule has 0 spiro atoms. The van der Waals surface area contributed by atoms with E-state index >= 15 is 0 Å². The summed E-state index contributed by atoms with van der Waals surface area (Å²) in [6, 6.07) is 5.26. The summed E-state index contributed by atoms with van der Waals surface area (Å²) in [6.45, 7) is 2.87. The van der Waals surface area contributed by atoms with Crippen molar-refractivity contribution in [3.8, 4) is 0 Å². The molecule has 1 N–H and O–H groups in total. The molecule has 3 nitrogen and oxygen atoms in total. The molecule has 0 saturated heterocycles. The highest BCUT2D eigenvalue weighted by molar-refractivity contribution is 6.34. The molecular formula is C11H13Cl2NO2. The first-order valence-electron chi connectivity index (χ1n) is 4.93. The third-order valence-corrected chi connectivity index (χ3v) is 2.26. The lowest BCUT2D eigenvalue weighted by atomic mass is 10.2. The Kier molecular flexibility index (Phi) is 5.60. The van der Waals surface area contributed by atoms with Crippen LogP contribution < -0.4 is 5.32 Å². The smallest absolute Gasteiger partial charge is 0.319 e. The van der Waals surface area contributed by atoms with Crippen LogP contribution in [0.25, 0.3) is 0 Å². The summed E-state index contributed by atoms with van der Waals surface area (Å²) < 4.78 is 4.77. The van der Waals surface area contributed by atoms with E-state index in [2.05, 4.69) is 5.32 Å². The molecule has 0 radical (unpaired) electrons. The fraction of sp³-hybridized carbons (Fsp3) is 0.364. The molecule has 0 aliphatic rings. The molecule has 0 amide bonds. The van der Waals surface area contributed by atoms with Crippen LogP contribution in [0.1, 0.15) is 12.5 Å². The third-order valence-electron chi connectivity index (χ3n) is 1.83. The number of carbonyl (C=O) groups is 1. The van der Waals surface area contributed by atoms with Crippen molar-refractivity contribution in [2.24, 2.45) is 0 Å². The van der Waals surface area contributed by atoms with Crippen molar-refractivity contribution in [3.05, 3.63) is 33.8 Å². The van der Waals surface area contributed by atoms with Gasteiger partial charge >= 0.3 is 5.97 Å². The monoisotopic (exact) mass is 261 g/mol. The van der Waals surface area contributed by atoms with Gasteiger partial charge in [0.05, 0.1) is 13.2 Å². The van der Waals surface area contributed by atoms with Gasteiger partial charge in [0.1, 0.15) is 0 Å². The fourth-order valence-electron chi connectivity index (χ4n) is 1.23. The van der Waals surface area contributed by atoms with E-state index in [0.29, 0.717) is 23.2 Å². The zero-order valence-electron chi connectivity index (χ0n) is 8.93. The average Bonchev–Trinajstić information content (AvgIpc) is 2.16. The van der Waals surface area contributed by atoms with Crippen molar-refractivity contribution in [3.63, 3.8) is 0 Å². The van der Waals surface area contributed by atoms with E-state index in [1.54, 1.807) is 25.1 Å². The minimum atomic E-state index is -0.268. The Morgan fingerprint density at radius 1 is 1.31 bits per heavy atom. The van der Waals surface area contributed by atoms with Gasteiger partial charge in [-0.25, -0.2) is 0 Å². The van der Waals surface area contributed by atoms with Gasteiger partial charge in [0.2, 0.25) is 0 Å². The second-order valence-electron chi connectivity index (χ2n) is 3.19. The molecule has 1 aromatic carbocycles. The molecule has 0 aliphatic heterocycles. The number of hydrogen-bond donors (Lipinski definition) is 1. The van der Waals surface area contributed by atoms with Crippen LogP contribution in [-0.2, 0) is 16.1 Å². The number of carbonyl (C=O) groups excluding carboxylic acids is 1. The van der Waals surface area contributed by atoms with E-state index in [-0.39, 0.29) is 12.5 Å². The Morgan fingerprint density at radius 3 is 2.50 bits per heavy atom. The number of benzene rings is 1. The highest BCUT2D eigenvalue weighted by Crippen LogP contribution is 2.18. The predicted molar refractivity (Wildman–Crippen MR) is 64.8 cm³/mol. The number of esters is 1. The molecule has 0 aliphatic carbocycles. The van der Waals surface area contributed by atoms with E-state index in [1.807, 2.05) is 0 Å². The molecule has 88 valence electrons. The molecule has 0 bridgehead atoms. The summed E-state index contributed by atoms with van der Waals surface area (Å²) in [5.74, 6) is -0.268. The second kappa shape index (κ2) is 6.74. The first-order chi connectivity index (χ1) is 7.61. The fourth-order valence-corrected chi connectivity index (χ4v) is 1.81. The van der Waals surface area contributed by atoms with Crippen LogP contribution in [0.5, 0.6) is 0 Å². The topological polar surface area (TPSA) is 38.3 Å². The summed E-state index contributed by atoms with van der Waals surface area (Å²) in [4.78, 5) is 11.0. The van der Waals surface area contributed by atoms with Gasteiger partial charge in [-0.05, 0) is 30.7 Å². The Labute approximate surface area is 105 Å². The molecular weight excluding hydrogens is 249 g/mol. The first kappa shape index (κ1) is 13.3. The molecule has 0 fully saturated rings. The molecule has 0 aromatic heterocycles. The van der Waals surface area contributed by atoms with Crippen molar-refractivity contribution in [2.75, 3.05) is 13.2 Å². The lowest BCUT2D eigenvalue weighted by molar-refractivity contribution is -0.142. The molecule has 0 unspecified atom stereocenters. The zero-order valence-corrected chi connectivity index (χ0v) is 10.4. The van der Waals surface area contributed by atoms with Gasteiger partial charge in [0.15, 0.2) is 0 Å². The standard InChI is InChI=1S/C11H13Cl2NO2/c1-2-16-11(15)7-14-6-8-3-9(12)5-10(13)4-8/h3-5,14H,2,6-7H2,1H3. The van der Waals surface area contributed by atoms with Crippen molar-refractivity contribution in [2.45, 2.75) is 13.5 Å². The number of rotatable bonds is 5. The summed E-state index contributed by atoms with van der Waals surface area (Å²) in [6.07, 6.45) is 0. The van der Waals surface area contributed by atoms with Crippen molar-refractivity contribution in [1.29, 1.82) is 0 Å². The Balaban J connectivity index is 2.40. The van der Waals surface area contributed by atoms with Gasteiger partial charge in [-0.15, -0.1) is 0 Å². The summed E-state index contributed by atoms with van der Waals surface area (Å²) in [5.41, 5.74) is 0.932. The van der Waals surface area contributed by atoms with Crippen molar-refractivity contribution >= 4 is 29.2 Å². The van der Waals surface area contributed by atoms with Gasteiger partial charge in [-0.1, -0.05) is 23.2 Å². The summed E-state index contributed by atoms with van der Waals surface area (Å²) >= 11 is 11.7. The van der Waals surface area contributed by atoms with Crippen LogP contribution in [-0.4, -0.2) is 19.1 Å². The Morgan fingerprint density at radius 2 is 1.94 bits per heavy atom. The van der Waals surface area contributed by atoms with Gasteiger partial charge in [0, 0.05) is 16.6 Å². The Hall–Kier alpha value is -0.770. The van der Waals surface area contributed by atoms with Gasteiger partial charge < -0.3 is 10.1 Å². The largest absolute Gasteiger partial charge is 0.465 e. The maximum absolute atomic E-state index is 11.0. The van der Waals surface area contributed by atoms with Crippen LogP contribution in [0.2, 0.25) is 10.0 Å². The van der Waals surface area contributed by atoms with Gasteiger partial charge in [-0.2, -0.15) is 0 Å². The van der Waals surface area contributed by atoms with Crippen LogP contribution in [0.4, 0.5) is 0 Å². The maximum Gasteiger partial charge on any atom is 0.319 e. The van der Waals surface area contributed by atoms with Crippen molar-refractivity contribution < 1.29 is 9.53 Å². The van der Waals surface area contributed by atoms with Crippen LogP contribution in [0, 0.1) is 0 Å².